The van der Waals surface area contributed by atoms with Crippen molar-refractivity contribution >= 4 is 22.7 Å². The van der Waals surface area contributed by atoms with E-state index in [1.54, 1.807) is 24.4 Å². The molecule has 1 aromatic carbocycles. The minimum Gasteiger partial charge on any atom is -0.288 e. The number of imide groups is 1. The van der Waals surface area contributed by atoms with E-state index < -0.39 is 0 Å². The number of rotatable bonds is 0. The van der Waals surface area contributed by atoms with E-state index in [1.165, 1.54) is 0 Å². The van der Waals surface area contributed by atoms with Gasteiger partial charge < -0.3 is 0 Å². The van der Waals surface area contributed by atoms with Crippen molar-refractivity contribution in [2.45, 2.75) is 0 Å². The van der Waals surface area contributed by atoms with Crippen LogP contribution in [-0.4, -0.2) is 16.8 Å². The highest BCUT2D eigenvalue weighted by Gasteiger charge is 2.26. The number of hydrogen-bond donors (Lipinski definition) is 1. The van der Waals surface area contributed by atoms with Crippen LogP contribution in [0.3, 0.4) is 0 Å². The summed E-state index contributed by atoms with van der Waals surface area (Å²) in [6, 6.07) is 6.99. The highest BCUT2D eigenvalue weighted by molar-refractivity contribution is 6.23. The van der Waals surface area contributed by atoms with E-state index in [0.29, 0.717) is 11.1 Å². The van der Waals surface area contributed by atoms with Gasteiger partial charge in [-0.05, 0) is 18.2 Å². The number of nitrogens with one attached hydrogen (secondary N) is 1. The lowest BCUT2D eigenvalue weighted by Gasteiger charge is -1.98. The summed E-state index contributed by atoms with van der Waals surface area (Å²) < 4.78 is 0. The Morgan fingerprint density at radius 2 is 1.80 bits per heavy atom. The smallest absolute Gasteiger partial charge is 0.259 e. The quantitative estimate of drug-likeness (QED) is 0.645. The third-order valence-corrected chi connectivity index (χ3v) is 2.46. The highest BCUT2D eigenvalue weighted by Crippen LogP contribution is 2.21. The van der Waals surface area contributed by atoms with Crippen molar-refractivity contribution in [3.05, 3.63) is 41.6 Å². The second kappa shape index (κ2) is 2.63. The molecule has 15 heavy (non-hydrogen) atoms. The molecular formula is C11H6N2O2. The van der Waals surface area contributed by atoms with Crippen LogP contribution in [0, 0.1) is 0 Å². The topological polar surface area (TPSA) is 59.1 Å². The predicted octanol–water partition coefficient (Wildman–Crippen LogP) is 1.12. The van der Waals surface area contributed by atoms with Crippen LogP contribution in [0.1, 0.15) is 20.7 Å². The van der Waals surface area contributed by atoms with Crippen molar-refractivity contribution in [2.24, 2.45) is 0 Å². The summed E-state index contributed by atoms with van der Waals surface area (Å²) in [7, 11) is 0. The summed E-state index contributed by atoms with van der Waals surface area (Å²) in [5, 5.41) is 3.11. The third-order valence-electron chi connectivity index (χ3n) is 2.46. The molecule has 0 atom stereocenters. The Bertz CT molecular complexity index is 552. The minimum atomic E-state index is -0.345. The van der Waals surface area contributed by atoms with Gasteiger partial charge in [-0.15, -0.1) is 0 Å². The Balaban J connectivity index is 2.41. The van der Waals surface area contributed by atoms with Gasteiger partial charge in [0, 0.05) is 11.6 Å². The Morgan fingerprint density at radius 3 is 2.60 bits per heavy atom. The summed E-state index contributed by atoms with van der Waals surface area (Å²) in [5.41, 5.74) is 1.56. The largest absolute Gasteiger partial charge is 0.288 e. The predicted molar refractivity (Wildman–Crippen MR) is 53.5 cm³/mol. The number of pyridine rings is 1. The molecule has 0 bridgehead atoms. The first kappa shape index (κ1) is 8.11. The molecule has 4 heteroatoms. The first-order valence-electron chi connectivity index (χ1n) is 4.50. The molecule has 1 aromatic heterocycles. The lowest BCUT2D eigenvalue weighted by atomic mass is 10.1. The molecule has 0 saturated heterocycles. The summed E-state index contributed by atoms with van der Waals surface area (Å²) >= 11 is 0. The third kappa shape index (κ3) is 1.05. The molecule has 72 valence electrons. The number of hydrogen-bond acceptors (Lipinski definition) is 3. The minimum absolute atomic E-state index is 0.333. The zero-order valence-electron chi connectivity index (χ0n) is 7.65. The molecule has 0 saturated carbocycles. The van der Waals surface area contributed by atoms with Crippen molar-refractivity contribution in [1.82, 2.24) is 10.3 Å². The SMILES string of the molecule is O=C1NC(=O)c2cc3ncccc3cc21. The monoisotopic (exact) mass is 198 g/mol. The van der Waals surface area contributed by atoms with Crippen LogP contribution in [0.15, 0.2) is 30.5 Å². The number of carbonyl (C=O) groups excluding carboxylic acids is 2. The number of amides is 2. The number of aromatic nitrogens is 1. The van der Waals surface area contributed by atoms with Gasteiger partial charge in [0.15, 0.2) is 0 Å². The number of fused-ring (bicyclic) bond motifs is 2. The van der Waals surface area contributed by atoms with E-state index in [2.05, 4.69) is 10.3 Å². The zero-order chi connectivity index (χ0) is 10.4. The molecule has 4 nitrogen and oxygen atoms in total. The Hall–Kier alpha value is -2.23. The summed E-state index contributed by atoms with van der Waals surface area (Å²) in [4.78, 5) is 26.9. The van der Waals surface area contributed by atoms with Crippen LogP contribution in [0.4, 0.5) is 0 Å². The molecule has 1 aliphatic rings. The van der Waals surface area contributed by atoms with Gasteiger partial charge in [-0.2, -0.15) is 0 Å². The molecule has 0 spiro atoms. The van der Waals surface area contributed by atoms with Gasteiger partial charge in [-0.3, -0.25) is 19.9 Å². The average Bonchev–Trinajstić information content (AvgIpc) is 2.52. The molecule has 2 heterocycles. The van der Waals surface area contributed by atoms with Gasteiger partial charge in [0.05, 0.1) is 16.6 Å². The molecule has 2 aromatic rings. The maximum Gasteiger partial charge on any atom is 0.259 e. The van der Waals surface area contributed by atoms with Crippen molar-refractivity contribution in [3.8, 4) is 0 Å². The fraction of sp³-hybridized carbons (Fsp3) is 0. The fourth-order valence-electron chi connectivity index (χ4n) is 1.73. The Labute approximate surface area is 84.9 Å². The van der Waals surface area contributed by atoms with E-state index in [1.807, 2.05) is 6.07 Å². The van der Waals surface area contributed by atoms with Crippen LogP contribution in [0.5, 0.6) is 0 Å². The standard InChI is InChI=1S/C11H6N2O2/c14-10-7-4-6-2-1-3-12-9(6)5-8(7)11(15)13-10/h1-5H,(H,13,14,15). The maximum absolute atomic E-state index is 11.4. The van der Waals surface area contributed by atoms with Crippen molar-refractivity contribution < 1.29 is 9.59 Å². The molecule has 2 amide bonds. The van der Waals surface area contributed by atoms with Gasteiger partial charge >= 0.3 is 0 Å². The molecule has 0 aliphatic carbocycles. The highest BCUT2D eigenvalue weighted by atomic mass is 16.2. The van der Waals surface area contributed by atoms with E-state index >= 15 is 0 Å². The van der Waals surface area contributed by atoms with Gasteiger partial charge in [0.2, 0.25) is 0 Å². The fourth-order valence-corrected chi connectivity index (χ4v) is 1.73. The second-order valence-corrected chi connectivity index (χ2v) is 3.38. The van der Waals surface area contributed by atoms with Crippen LogP contribution >= 0.6 is 0 Å². The molecule has 0 fully saturated rings. The van der Waals surface area contributed by atoms with E-state index in [4.69, 9.17) is 0 Å². The Morgan fingerprint density at radius 1 is 1.07 bits per heavy atom. The number of benzene rings is 1. The average molecular weight is 198 g/mol. The van der Waals surface area contributed by atoms with Gasteiger partial charge in [0.1, 0.15) is 0 Å². The normalized spacial score (nSPS) is 14.1. The second-order valence-electron chi connectivity index (χ2n) is 3.38. The first-order valence-corrected chi connectivity index (χ1v) is 4.50. The summed E-state index contributed by atoms with van der Waals surface area (Å²) in [5.74, 6) is -0.677. The number of nitrogens with zero attached hydrogens (tertiary/aromatic N) is 1. The lowest BCUT2D eigenvalue weighted by Crippen LogP contribution is -2.19. The van der Waals surface area contributed by atoms with Crippen LogP contribution in [-0.2, 0) is 0 Å². The van der Waals surface area contributed by atoms with Gasteiger partial charge in [0.25, 0.3) is 11.8 Å². The molecule has 1 N–H and O–H groups in total. The summed E-state index contributed by atoms with van der Waals surface area (Å²) in [6.45, 7) is 0. The Kier molecular flexibility index (Phi) is 1.42. The van der Waals surface area contributed by atoms with Crippen LogP contribution in [0.2, 0.25) is 0 Å². The summed E-state index contributed by atoms with van der Waals surface area (Å²) in [6.07, 6.45) is 1.66. The molecule has 0 radical (unpaired) electrons. The van der Waals surface area contributed by atoms with E-state index in [-0.39, 0.29) is 11.8 Å². The van der Waals surface area contributed by atoms with Crippen molar-refractivity contribution in [3.63, 3.8) is 0 Å². The number of carbonyl (C=O) groups is 2. The molecular weight excluding hydrogens is 192 g/mol. The molecule has 3 rings (SSSR count). The first-order chi connectivity index (χ1) is 7.25. The zero-order valence-corrected chi connectivity index (χ0v) is 7.65. The lowest BCUT2D eigenvalue weighted by molar-refractivity contribution is 0.0879. The van der Waals surface area contributed by atoms with Crippen LogP contribution in [0.25, 0.3) is 10.9 Å². The van der Waals surface area contributed by atoms with E-state index in [0.717, 1.165) is 10.9 Å². The molecule has 1 aliphatic heterocycles. The molecule has 0 unspecified atom stereocenters. The van der Waals surface area contributed by atoms with Gasteiger partial charge in [-0.1, -0.05) is 6.07 Å². The maximum atomic E-state index is 11.4. The van der Waals surface area contributed by atoms with Crippen molar-refractivity contribution in [1.29, 1.82) is 0 Å². The van der Waals surface area contributed by atoms with E-state index in [9.17, 15) is 9.59 Å². The van der Waals surface area contributed by atoms with Crippen molar-refractivity contribution in [2.75, 3.05) is 0 Å². The van der Waals surface area contributed by atoms with Gasteiger partial charge in [-0.25, -0.2) is 0 Å². The van der Waals surface area contributed by atoms with Crippen LogP contribution < -0.4 is 5.32 Å².